The van der Waals surface area contributed by atoms with Crippen LogP contribution < -0.4 is 5.56 Å². The van der Waals surface area contributed by atoms with Gasteiger partial charge in [-0.25, -0.2) is 0 Å². The molecule has 6 heteroatoms. The van der Waals surface area contributed by atoms with E-state index in [1.807, 2.05) is 18.4 Å². The molecule has 0 radical (unpaired) electrons. The highest BCUT2D eigenvalue weighted by atomic mass is 79.9. The van der Waals surface area contributed by atoms with Crippen LogP contribution in [0.15, 0.2) is 33.5 Å². The van der Waals surface area contributed by atoms with Crippen molar-refractivity contribution in [3.05, 3.63) is 44.9 Å². The van der Waals surface area contributed by atoms with Crippen molar-refractivity contribution in [2.75, 3.05) is 6.26 Å². The lowest BCUT2D eigenvalue weighted by atomic mass is 10.1. The Balaban J connectivity index is 2.60. The van der Waals surface area contributed by atoms with Crippen LogP contribution in [0, 0.1) is 0 Å². The Hall–Kier alpha value is -1.27. The monoisotopic (exact) mass is 326 g/mol. The first-order chi connectivity index (χ1) is 8.63. The van der Waals surface area contributed by atoms with Crippen LogP contribution >= 0.6 is 27.7 Å². The zero-order chi connectivity index (χ0) is 13.1. The van der Waals surface area contributed by atoms with Gasteiger partial charge in [-0.3, -0.25) is 4.79 Å². The summed E-state index contributed by atoms with van der Waals surface area (Å²) in [6.07, 6.45) is 1.90. The fourth-order valence-corrected chi connectivity index (χ4v) is 2.51. The SMILES string of the molecule is CSCc1nc(O)c(-c2ccccc2Br)c(=O)[nH]1. The maximum atomic E-state index is 12.0. The number of thioether (sulfide) groups is 1. The summed E-state index contributed by atoms with van der Waals surface area (Å²) in [7, 11) is 0. The number of nitrogens with zero attached hydrogens (tertiary/aromatic N) is 1. The second-order valence-corrected chi connectivity index (χ2v) is 5.34. The van der Waals surface area contributed by atoms with Crippen molar-refractivity contribution in [3.8, 4) is 17.0 Å². The minimum Gasteiger partial charge on any atom is -0.493 e. The molecule has 1 heterocycles. The Morgan fingerprint density at radius 1 is 1.44 bits per heavy atom. The fourth-order valence-electron chi connectivity index (χ4n) is 1.62. The summed E-state index contributed by atoms with van der Waals surface area (Å²) in [6.45, 7) is 0. The lowest BCUT2D eigenvalue weighted by Crippen LogP contribution is -2.13. The van der Waals surface area contributed by atoms with Gasteiger partial charge in [-0.2, -0.15) is 16.7 Å². The molecular formula is C12H11BrN2O2S. The standard InChI is InChI=1S/C12H11BrN2O2S/c1-18-6-9-14-11(16)10(12(17)15-9)7-4-2-3-5-8(7)13/h2-5H,6H2,1H3,(H2,14,15,16,17). The van der Waals surface area contributed by atoms with E-state index in [-0.39, 0.29) is 17.0 Å². The third-order valence-corrected chi connectivity index (χ3v) is 3.63. The van der Waals surface area contributed by atoms with E-state index in [2.05, 4.69) is 25.9 Å². The highest BCUT2D eigenvalue weighted by Crippen LogP contribution is 2.30. The minimum atomic E-state index is -0.335. The van der Waals surface area contributed by atoms with E-state index >= 15 is 0 Å². The molecule has 0 saturated carbocycles. The lowest BCUT2D eigenvalue weighted by Gasteiger charge is -2.07. The van der Waals surface area contributed by atoms with Crippen LogP contribution in [0.1, 0.15) is 5.82 Å². The van der Waals surface area contributed by atoms with Gasteiger partial charge in [0.1, 0.15) is 11.4 Å². The van der Waals surface area contributed by atoms with Crippen molar-refractivity contribution in [2.24, 2.45) is 0 Å². The summed E-state index contributed by atoms with van der Waals surface area (Å²) in [5, 5.41) is 9.92. The molecule has 0 amide bonds. The molecular weight excluding hydrogens is 316 g/mol. The molecule has 0 spiro atoms. The number of rotatable bonds is 3. The summed E-state index contributed by atoms with van der Waals surface area (Å²) < 4.78 is 0.741. The van der Waals surface area contributed by atoms with E-state index in [1.165, 1.54) is 11.8 Å². The number of hydrogen-bond donors (Lipinski definition) is 2. The summed E-state index contributed by atoms with van der Waals surface area (Å²) in [5.41, 5.74) is 0.477. The van der Waals surface area contributed by atoms with Crippen LogP contribution in [0.3, 0.4) is 0 Å². The van der Waals surface area contributed by atoms with Gasteiger partial charge in [-0.15, -0.1) is 0 Å². The van der Waals surface area contributed by atoms with Gasteiger partial charge in [0, 0.05) is 10.0 Å². The van der Waals surface area contributed by atoms with Crippen LogP contribution in [0.25, 0.3) is 11.1 Å². The first kappa shape index (κ1) is 13.2. The van der Waals surface area contributed by atoms with Gasteiger partial charge in [-0.05, 0) is 12.3 Å². The highest BCUT2D eigenvalue weighted by Gasteiger charge is 2.14. The largest absolute Gasteiger partial charge is 0.493 e. The van der Waals surface area contributed by atoms with Gasteiger partial charge >= 0.3 is 0 Å². The van der Waals surface area contributed by atoms with E-state index < -0.39 is 0 Å². The summed E-state index contributed by atoms with van der Waals surface area (Å²) in [6, 6.07) is 7.21. The van der Waals surface area contributed by atoms with Crippen LogP contribution in [0.2, 0.25) is 0 Å². The first-order valence-electron chi connectivity index (χ1n) is 5.19. The molecule has 1 aromatic carbocycles. The van der Waals surface area contributed by atoms with Crippen LogP contribution in [0.4, 0.5) is 0 Å². The number of hydrogen-bond acceptors (Lipinski definition) is 4. The average molecular weight is 327 g/mol. The van der Waals surface area contributed by atoms with E-state index in [1.54, 1.807) is 12.1 Å². The molecule has 0 bridgehead atoms. The molecule has 18 heavy (non-hydrogen) atoms. The van der Waals surface area contributed by atoms with Crippen molar-refractivity contribution in [1.82, 2.24) is 9.97 Å². The molecule has 0 aliphatic heterocycles. The first-order valence-corrected chi connectivity index (χ1v) is 7.38. The Bertz CT molecular complexity index is 628. The van der Waals surface area contributed by atoms with Gasteiger partial charge in [0.15, 0.2) is 0 Å². The molecule has 94 valence electrons. The van der Waals surface area contributed by atoms with E-state index in [4.69, 9.17) is 0 Å². The maximum absolute atomic E-state index is 12.0. The predicted molar refractivity (Wildman–Crippen MR) is 76.9 cm³/mol. The predicted octanol–water partition coefficient (Wildman–Crippen LogP) is 2.77. The van der Waals surface area contributed by atoms with Crippen molar-refractivity contribution in [3.63, 3.8) is 0 Å². The second-order valence-electron chi connectivity index (χ2n) is 3.62. The van der Waals surface area contributed by atoms with E-state index in [9.17, 15) is 9.90 Å². The topological polar surface area (TPSA) is 66.0 Å². The van der Waals surface area contributed by atoms with Gasteiger partial charge < -0.3 is 10.1 Å². The average Bonchev–Trinajstić information content (AvgIpc) is 2.31. The smallest absolute Gasteiger partial charge is 0.262 e. The summed E-state index contributed by atoms with van der Waals surface area (Å²) >= 11 is 4.88. The number of aromatic nitrogens is 2. The van der Waals surface area contributed by atoms with Crippen molar-refractivity contribution >= 4 is 27.7 Å². The molecule has 2 N–H and O–H groups in total. The third-order valence-electron chi connectivity index (χ3n) is 2.37. The molecule has 0 unspecified atom stereocenters. The molecule has 0 aliphatic carbocycles. The number of halogens is 1. The van der Waals surface area contributed by atoms with Gasteiger partial charge in [0.2, 0.25) is 5.88 Å². The summed E-state index contributed by atoms with van der Waals surface area (Å²) in [5.74, 6) is 0.787. The van der Waals surface area contributed by atoms with E-state index in [0.29, 0.717) is 17.1 Å². The van der Waals surface area contributed by atoms with Gasteiger partial charge in [-0.1, -0.05) is 34.1 Å². The number of benzene rings is 1. The Kier molecular flexibility index (Phi) is 4.08. The molecule has 2 rings (SSSR count). The van der Waals surface area contributed by atoms with Crippen molar-refractivity contribution in [1.29, 1.82) is 0 Å². The minimum absolute atomic E-state index is 0.187. The number of aromatic amines is 1. The quantitative estimate of drug-likeness (QED) is 0.910. The molecule has 0 atom stereocenters. The third kappa shape index (κ3) is 2.59. The molecule has 0 fully saturated rings. The van der Waals surface area contributed by atoms with E-state index in [0.717, 1.165) is 4.47 Å². The second kappa shape index (κ2) is 5.58. The van der Waals surface area contributed by atoms with Crippen molar-refractivity contribution in [2.45, 2.75) is 5.75 Å². The molecule has 0 aliphatic rings. The van der Waals surface area contributed by atoms with Gasteiger partial charge in [0.25, 0.3) is 5.56 Å². The van der Waals surface area contributed by atoms with Crippen LogP contribution in [-0.2, 0) is 5.75 Å². The molecule has 0 saturated heterocycles. The Morgan fingerprint density at radius 2 is 2.17 bits per heavy atom. The summed E-state index contributed by atoms with van der Waals surface area (Å²) in [4.78, 5) is 18.7. The van der Waals surface area contributed by atoms with Crippen LogP contribution in [0.5, 0.6) is 5.88 Å². The number of aromatic hydroxyl groups is 1. The Labute approximate surface area is 117 Å². The fraction of sp³-hybridized carbons (Fsp3) is 0.167. The highest BCUT2D eigenvalue weighted by molar-refractivity contribution is 9.10. The Morgan fingerprint density at radius 3 is 2.78 bits per heavy atom. The lowest BCUT2D eigenvalue weighted by molar-refractivity contribution is 0.451. The molecule has 1 aromatic heterocycles. The maximum Gasteiger partial charge on any atom is 0.262 e. The normalized spacial score (nSPS) is 10.6. The number of nitrogens with one attached hydrogen (secondary N) is 1. The molecule has 2 aromatic rings. The van der Waals surface area contributed by atoms with Crippen molar-refractivity contribution < 1.29 is 5.11 Å². The van der Waals surface area contributed by atoms with Gasteiger partial charge in [0.05, 0.1) is 5.75 Å². The number of H-pyrrole nitrogens is 1. The molecule has 4 nitrogen and oxygen atoms in total. The zero-order valence-electron chi connectivity index (χ0n) is 9.61. The zero-order valence-corrected chi connectivity index (χ0v) is 12.0. The van der Waals surface area contributed by atoms with Crippen LogP contribution in [-0.4, -0.2) is 21.3 Å².